The van der Waals surface area contributed by atoms with E-state index < -0.39 is 12.6 Å². The molecule has 0 bridgehead atoms. The minimum atomic E-state index is -1.30. The summed E-state index contributed by atoms with van der Waals surface area (Å²) in [4.78, 5) is 22.4. The van der Waals surface area contributed by atoms with Crippen LogP contribution >= 0.6 is 0 Å². The summed E-state index contributed by atoms with van der Waals surface area (Å²) in [5.74, 6) is -1.17. The number of rotatable bonds is 5. The molecule has 21 heavy (non-hydrogen) atoms. The smallest absolute Gasteiger partial charge is 0.255 e. The Morgan fingerprint density at radius 1 is 1.10 bits per heavy atom. The van der Waals surface area contributed by atoms with Crippen LogP contribution in [0.1, 0.15) is 15.9 Å². The summed E-state index contributed by atoms with van der Waals surface area (Å²) in [6, 6.07) is 13.7. The van der Waals surface area contributed by atoms with Crippen molar-refractivity contribution in [2.75, 3.05) is 11.9 Å². The van der Waals surface area contributed by atoms with Gasteiger partial charge >= 0.3 is 0 Å². The molecule has 2 aromatic rings. The topological polar surface area (TPSA) is 78.5 Å². The van der Waals surface area contributed by atoms with Gasteiger partial charge in [0, 0.05) is 11.3 Å². The highest BCUT2D eigenvalue weighted by atomic mass is 16.5. The van der Waals surface area contributed by atoms with Gasteiger partial charge < -0.3 is 20.0 Å². The van der Waals surface area contributed by atoms with Crippen LogP contribution in [0.2, 0.25) is 0 Å². The van der Waals surface area contributed by atoms with Crippen molar-refractivity contribution in [2.24, 2.45) is 0 Å². The van der Waals surface area contributed by atoms with Crippen molar-refractivity contribution in [3.05, 3.63) is 59.7 Å². The number of anilines is 1. The van der Waals surface area contributed by atoms with Crippen LogP contribution in [0, 0.1) is 6.92 Å². The summed E-state index contributed by atoms with van der Waals surface area (Å²) in [6.07, 6.45) is 0. The Labute approximate surface area is 122 Å². The van der Waals surface area contributed by atoms with E-state index in [0.29, 0.717) is 11.3 Å². The standard InChI is InChI=1S/C16H15NO4/c1-11-4-2-3-5-14(11)17-16(20)12-6-8-13(9-7-12)21-10-15(18)19/h2-9H,10H2,1H3,(H,17,20)(H,18,19)/p-1. The fraction of sp³-hybridized carbons (Fsp3) is 0.125. The molecule has 2 aromatic carbocycles. The molecule has 0 aliphatic rings. The van der Waals surface area contributed by atoms with E-state index in [0.717, 1.165) is 11.3 Å². The van der Waals surface area contributed by atoms with Crippen molar-refractivity contribution in [2.45, 2.75) is 6.92 Å². The number of aryl methyl sites for hydroxylation is 1. The number of carbonyl (C=O) groups excluding carboxylic acids is 2. The number of benzene rings is 2. The number of hydrogen-bond donors (Lipinski definition) is 1. The van der Waals surface area contributed by atoms with Gasteiger partial charge in [-0.3, -0.25) is 4.79 Å². The molecule has 0 saturated heterocycles. The molecule has 5 nitrogen and oxygen atoms in total. The molecular weight excluding hydrogens is 270 g/mol. The maximum Gasteiger partial charge on any atom is 0.255 e. The third-order valence-corrected chi connectivity index (χ3v) is 2.87. The molecule has 5 heteroatoms. The molecule has 0 fully saturated rings. The number of carboxylic acids is 1. The Balaban J connectivity index is 2.03. The van der Waals surface area contributed by atoms with Crippen LogP contribution in [0.3, 0.4) is 0 Å². The fourth-order valence-electron chi connectivity index (χ4n) is 1.75. The van der Waals surface area contributed by atoms with Crippen LogP contribution in [0.15, 0.2) is 48.5 Å². The highest BCUT2D eigenvalue weighted by Crippen LogP contribution is 2.16. The maximum atomic E-state index is 12.1. The van der Waals surface area contributed by atoms with Gasteiger partial charge in [0.1, 0.15) is 12.4 Å². The summed E-state index contributed by atoms with van der Waals surface area (Å²) < 4.78 is 4.95. The molecule has 0 saturated carbocycles. The largest absolute Gasteiger partial charge is 0.546 e. The second kappa shape index (κ2) is 6.56. The lowest BCUT2D eigenvalue weighted by Gasteiger charge is -2.09. The Hall–Kier alpha value is -2.82. The highest BCUT2D eigenvalue weighted by Gasteiger charge is 2.07. The van der Waals surface area contributed by atoms with Gasteiger partial charge in [-0.25, -0.2) is 0 Å². The van der Waals surface area contributed by atoms with Crippen LogP contribution in [-0.2, 0) is 4.79 Å². The summed E-state index contributed by atoms with van der Waals surface area (Å²) in [5.41, 5.74) is 2.18. The number of para-hydroxylation sites is 1. The molecule has 0 aliphatic heterocycles. The molecule has 0 aromatic heterocycles. The van der Waals surface area contributed by atoms with Gasteiger partial charge in [-0.15, -0.1) is 0 Å². The summed E-state index contributed by atoms with van der Waals surface area (Å²) in [5, 5.41) is 13.1. The van der Waals surface area contributed by atoms with E-state index in [9.17, 15) is 14.7 Å². The summed E-state index contributed by atoms with van der Waals surface area (Å²) in [6.45, 7) is 1.39. The van der Waals surface area contributed by atoms with Crippen molar-refractivity contribution < 1.29 is 19.4 Å². The van der Waals surface area contributed by atoms with Crippen LogP contribution in [0.5, 0.6) is 5.75 Å². The van der Waals surface area contributed by atoms with Crippen molar-refractivity contribution in [3.63, 3.8) is 0 Å². The van der Waals surface area contributed by atoms with Gasteiger partial charge in [0.05, 0.1) is 5.97 Å². The zero-order valence-corrected chi connectivity index (χ0v) is 11.5. The van der Waals surface area contributed by atoms with Gasteiger partial charge in [-0.1, -0.05) is 18.2 Å². The number of ether oxygens (including phenoxy) is 1. The molecule has 1 N–H and O–H groups in total. The first-order valence-corrected chi connectivity index (χ1v) is 6.36. The Morgan fingerprint density at radius 3 is 2.38 bits per heavy atom. The van der Waals surface area contributed by atoms with E-state index >= 15 is 0 Å². The van der Waals surface area contributed by atoms with Crippen molar-refractivity contribution in [1.82, 2.24) is 0 Å². The van der Waals surface area contributed by atoms with E-state index in [4.69, 9.17) is 4.74 Å². The number of aliphatic carboxylic acids is 1. The van der Waals surface area contributed by atoms with E-state index in [2.05, 4.69) is 5.32 Å². The van der Waals surface area contributed by atoms with E-state index in [1.165, 1.54) is 12.1 Å². The Bertz CT molecular complexity index is 650. The number of amides is 1. The molecule has 0 atom stereocenters. The predicted molar refractivity (Wildman–Crippen MR) is 76.1 cm³/mol. The molecule has 0 spiro atoms. The number of nitrogens with one attached hydrogen (secondary N) is 1. The maximum absolute atomic E-state index is 12.1. The van der Waals surface area contributed by atoms with Gasteiger partial charge in [0.25, 0.3) is 5.91 Å². The van der Waals surface area contributed by atoms with Gasteiger partial charge in [-0.2, -0.15) is 0 Å². The van der Waals surface area contributed by atoms with Crippen LogP contribution in [-0.4, -0.2) is 18.5 Å². The molecule has 0 radical (unpaired) electrons. The second-order valence-corrected chi connectivity index (χ2v) is 4.45. The normalized spacial score (nSPS) is 9.95. The average molecular weight is 284 g/mol. The second-order valence-electron chi connectivity index (χ2n) is 4.45. The van der Waals surface area contributed by atoms with E-state index in [1.54, 1.807) is 12.1 Å². The lowest BCUT2D eigenvalue weighted by atomic mass is 10.1. The minimum absolute atomic E-state index is 0.240. The molecule has 0 aliphatic carbocycles. The first-order valence-electron chi connectivity index (χ1n) is 6.36. The fourth-order valence-corrected chi connectivity index (χ4v) is 1.75. The molecule has 108 valence electrons. The number of carbonyl (C=O) groups is 2. The third-order valence-electron chi connectivity index (χ3n) is 2.87. The molecule has 1 amide bonds. The first kappa shape index (κ1) is 14.6. The lowest BCUT2D eigenvalue weighted by molar-refractivity contribution is -0.307. The monoisotopic (exact) mass is 284 g/mol. The SMILES string of the molecule is Cc1ccccc1NC(=O)c1ccc(OCC(=O)[O-])cc1. The Morgan fingerprint density at radius 2 is 1.76 bits per heavy atom. The zero-order valence-electron chi connectivity index (χ0n) is 11.5. The predicted octanol–water partition coefficient (Wildman–Crippen LogP) is 1.38. The van der Waals surface area contributed by atoms with E-state index in [1.807, 2.05) is 31.2 Å². The quantitative estimate of drug-likeness (QED) is 0.899. The van der Waals surface area contributed by atoms with Gasteiger partial charge in [0.2, 0.25) is 0 Å². The lowest BCUT2D eigenvalue weighted by Crippen LogP contribution is -2.28. The summed E-state index contributed by atoms with van der Waals surface area (Å²) in [7, 11) is 0. The first-order chi connectivity index (χ1) is 10.1. The molecular formula is C16H14NO4-. The molecule has 0 unspecified atom stereocenters. The van der Waals surface area contributed by atoms with Crippen LogP contribution in [0.4, 0.5) is 5.69 Å². The average Bonchev–Trinajstić information content (AvgIpc) is 2.48. The summed E-state index contributed by atoms with van der Waals surface area (Å²) >= 11 is 0. The van der Waals surface area contributed by atoms with Crippen LogP contribution in [0.25, 0.3) is 0 Å². The van der Waals surface area contributed by atoms with Crippen molar-refractivity contribution >= 4 is 17.6 Å². The van der Waals surface area contributed by atoms with Gasteiger partial charge in [-0.05, 0) is 42.8 Å². The minimum Gasteiger partial charge on any atom is -0.546 e. The van der Waals surface area contributed by atoms with Crippen LogP contribution < -0.4 is 15.2 Å². The number of hydrogen-bond acceptors (Lipinski definition) is 4. The molecule has 2 rings (SSSR count). The van der Waals surface area contributed by atoms with Gasteiger partial charge in [0.15, 0.2) is 0 Å². The van der Waals surface area contributed by atoms with Crippen molar-refractivity contribution in [3.8, 4) is 5.75 Å². The zero-order chi connectivity index (χ0) is 15.2. The van der Waals surface area contributed by atoms with E-state index in [-0.39, 0.29) is 5.91 Å². The molecule has 0 heterocycles. The highest BCUT2D eigenvalue weighted by molar-refractivity contribution is 6.04. The van der Waals surface area contributed by atoms with Crippen molar-refractivity contribution in [1.29, 1.82) is 0 Å². The third kappa shape index (κ3) is 4.07. The number of carboxylic acid groups (broad SMARTS) is 1. The Kier molecular flexibility index (Phi) is 4.56.